The first-order valence-corrected chi connectivity index (χ1v) is 10.2. The second-order valence-corrected chi connectivity index (χ2v) is 8.11. The number of likely N-dealkylation sites (tertiary alicyclic amines) is 1. The maximum absolute atomic E-state index is 5.91. The van der Waals surface area contributed by atoms with Crippen molar-refractivity contribution in [2.45, 2.75) is 37.6 Å². The molecule has 0 amide bonds. The number of nitrogens with zero attached hydrogens (tertiary/aromatic N) is 5. The van der Waals surface area contributed by atoms with Gasteiger partial charge in [0.1, 0.15) is 11.6 Å². The number of anilines is 1. The van der Waals surface area contributed by atoms with Gasteiger partial charge in [0.05, 0.1) is 19.3 Å². The van der Waals surface area contributed by atoms with Crippen LogP contribution in [0.25, 0.3) is 5.69 Å². The van der Waals surface area contributed by atoms with Gasteiger partial charge in [-0.15, -0.1) is 0 Å². The largest absolute Gasteiger partial charge is 0.497 e. The number of hydrogen-bond donors (Lipinski definition) is 1. The molecular weight excluding hydrogens is 364 g/mol. The van der Waals surface area contributed by atoms with E-state index in [-0.39, 0.29) is 5.41 Å². The minimum absolute atomic E-state index is 0.0994. The SMILES string of the molecule is COc1ccc(-n2ccnc2CN2CCCC3(CCc4cnc(N)nc43)C2)cc1. The summed E-state index contributed by atoms with van der Waals surface area (Å²) in [6.45, 7) is 2.88. The molecule has 29 heavy (non-hydrogen) atoms. The smallest absolute Gasteiger partial charge is 0.220 e. The lowest BCUT2D eigenvalue weighted by Crippen LogP contribution is -2.45. The van der Waals surface area contributed by atoms with Crippen molar-refractivity contribution in [3.05, 3.63) is 59.9 Å². The molecule has 0 bridgehead atoms. The Morgan fingerprint density at radius 1 is 1.17 bits per heavy atom. The van der Waals surface area contributed by atoms with Crippen LogP contribution in [0.1, 0.15) is 36.3 Å². The summed E-state index contributed by atoms with van der Waals surface area (Å²) in [7, 11) is 1.68. The molecule has 1 saturated heterocycles. The molecule has 7 heteroatoms. The van der Waals surface area contributed by atoms with Gasteiger partial charge in [-0.3, -0.25) is 4.90 Å². The Kier molecular flexibility index (Phi) is 4.47. The van der Waals surface area contributed by atoms with Gasteiger partial charge in [-0.05, 0) is 62.1 Å². The summed E-state index contributed by atoms with van der Waals surface area (Å²) in [6, 6.07) is 8.09. The fourth-order valence-corrected chi connectivity index (χ4v) is 4.94. The van der Waals surface area contributed by atoms with Crippen molar-refractivity contribution < 1.29 is 4.74 Å². The van der Waals surface area contributed by atoms with Gasteiger partial charge in [-0.1, -0.05) is 0 Å². The van der Waals surface area contributed by atoms with E-state index in [0.29, 0.717) is 5.95 Å². The van der Waals surface area contributed by atoms with E-state index < -0.39 is 0 Å². The molecule has 2 aliphatic rings. The van der Waals surface area contributed by atoms with E-state index in [4.69, 9.17) is 10.5 Å². The molecule has 1 aliphatic heterocycles. The highest BCUT2D eigenvalue weighted by atomic mass is 16.5. The number of piperidine rings is 1. The van der Waals surface area contributed by atoms with Gasteiger partial charge in [0.2, 0.25) is 5.95 Å². The molecule has 1 atom stereocenters. The standard InChI is InChI=1S/C22H26N6O/c1-29-18-5-3-17(4-6-18)28-12-10-24-19(28)14-27-11-2-8-22(15-27)9-7-16-13-25-21(23)26-20(16)22/h3-6,10,12-13H,2,7-9,11,14-15H2,1H3,(H2,23,25,26). The Morgan fingerprint density at radius 2 is 2.03 bits per heavy atom. The third-order valence-electron chi connectivity index (χ3n) is 6.35. The molecule has 1 spiro atoms. The number of hydrogen-bond acceptors (Lipinski definition) is 6. The number of nitrogens with two attached hydrogens (primary N) is 1. The Bertz CT molecular complexity index is 1010. The van der Waals surface area contributed by atoms with Crippen LogP contribution in [0.2, 0.25) is 0 Å². The number of imidazole rings is 1. The Labute approximate surface area is 170 Å². The van der Waals surface area contributed by atoms with Crippen molar-refractivity contribution in [1.82, 2.24) is 24.4 Å². The van der Waals surface area contributed by atoms with Crippen LogP contribution < -0.4 is 10.5 Å². The lowest BCUT2D eigenvalue weighted by atomic mass is 9.77. The second-order valence-electron chi connectivity index (χ2n) is 8.11. The summed E-state index contributed by atoms with van der Waals surface area (Å²) >= 11 is 0. The first kappa shape index (κ1) is 18.1. The van der Waals surface area contributed by atoms with Gasteiger partial charge in [0.25, 0.3) is 0 Å². The number of rotatable bonds is 4. The van der Waals surface area contributed by atoms with Crippen LogP contribution in [0, 0.1) is 0 Å². The minimum atomic E-state index is 0.0994. The molecule has 1 aromatic carbocycles. The van der Waals surface area contributed by atoms with E-state index in [2.05, 4.69) is 36.6 Å². The maximum Gasteiger partial charge on any atom is 0.220 e. The molecular formula is C22H26N6O. The van der Waals surface area contributed by atoms with Crippen molar-refractivity contribution in [2.24, 2.45) is 0 Å². The van der Waals surface area contributed by atoms with Crippen LogP contribution in [0.15, 0.2) is 42.9 Å². The van der Waals surface area contributed by atoms with Crippen LogP contribution in [0.5, 0.6) is 5.75 Å². The molecule has 150 valence electrons. The van der Waals surface area contributed by atoms with Gasteiger partial charge >= 0.3 is 0 Å². The molecule has 5 rings (SSSR count). The molecule has 2 aromatic heterocycles. The summed E-state index contributed by atoms with van der Waals surface area (Å²) in [5, 5.41) is 0. The summed E-state index contributed by atoms with van der Waals surface area (Å²) in [5.41, 5.74) is 9.54. The van der Waals surface area contributed by atoms with Gasteiger partial charge < -0.3 is 15.0 Å². The molecule has 2 N–H and O–H groups in total. The molecule has 0 radical (unpaired) electrons. The van der Waals surface area contributed by atoms with E-state index in [0.717, 1.165) is 56.2 Å². The van der Waals surface area contributed by atoms with Gasteiger partial charge in [0, 0.05) is 36.2 Å². The van der Waals surface area contributed by atoms with Crippen molar-refractivity contribution in [1.29, 1.82) is 0 Å². The van der Waals surface area contributed by atoms with E-state index in [1.165, 1.54) is 17.7 Å². The quantitative estimate of drug-likeness (QED) is 0.738. The lowest BCUT2D eigenvalue weighted by molar-refractivity contribution is 0.133. The highest BCUT2D eigenvalue weighted by Crippen LogP contribution is 2.44. The van der Waals surface area contributed by atoms with E-state index in [9.17, 15) is 0 Å². The Balaban J connectivity index is 1.38. The zero-order chi connectivity index (χ0) is 19.8. The number of aromatic nitrogens is 4. The molecule has 3 aromatic rings. The third-order valence-corrected chi connectivity index (χ3v) is 6.35. The normalized spacial score (nSPS) is 21.4. The summed E-state index contributed by atoms with van der Waals surface area (Å²) in [6.07, 6.45) is 10.3. The van der Waals surface area contributed by atoms with Gasteiger partial charge in [-0.25, -0.2) is 15.0 Å². The predicted molar refractivity (Wildman–Crippen MR) is 111 cm³/mol. The van der Waals surface area contributed by atoms with E-state index >= 15 is 0 Å². The zero-order valence-corrected chi connectivity index (χ0v) is 16.7. The van der Waals surface area contributed by atoms with Crippen molar-refractivity contribution in [3.63, 3.8) is 0 Å². The minimum Gasteiger partial charge on any atom is -0.497 e. The van der Waals surface area contributed by atoms with Crippen molar-refractivity contribution in [3.8, 4) is 11.4 Å². The number of aryl methyl sites for hydroxylation is 1. The number of benzene rings is 1. The number of nitrogen functional groups attached to an aromatic ring is 1. The molecule has 1 fully saturated rings. The average Bonchev–Trinajstić information content (AvgIpc) is 3.34. The fourth-order valence-electron chi connectivity index (χ4n) is 4.94. The second kappa shape index (κ2) is 7.15. The number of ether oxygens (including phenoxy) is 1. The van der Waals surface area contributed by atoms with Crippen LogP contribution in [-0.4, -0.2) is 44.6 Å². The van der Waals surface area contributed by atoms with Gasteiger partial charge in [0.15, 0.2) is 0 Å². The first-order valence-electron chi connectivity index (χ1n) is 10.2. The molecule has 1 unspecified atom stereocenters. The average molecular weight is 390 g/mol. The molecule has 7 nitrogen and oxygen atoms in total. The fraction of sp³-hybridized carbons (Fsp3) is 0.409. The van der Waals surface area contributed by atoms with Gasteiger partial charge in [-0.2, -0.15) is 0 Å². The molecule has 3 heterocycles. The van der Waals surface area contributed by atoms with E-state index in [1.807, 2.05) is 30.7 Å². The molecule has 0 saturated carbocycles. The Morgan fingerprint density at radius 3 is 2.86 bits per heavy atom. The van der Waals surface area contributed by atoms with Crippen LogP contribution in [0.3, 0.4) is 0 Å². The highest BCUT2D eigenvalue weighted by molar-refractivity contribution is 5.39. The van der Waals surface area contributed by atoms with Crippen LogP contribution in [0.4, 0.5) is 5.95 Å². The monoisotopic (exact) mass is 390 g/mol. The summed E-state index contributed by atoms with van der Waals surface area (Å²) in [5.74, 6) is 2.29. The summed E-state index contributed by atoms with van der Waals surface area (Å²) < 4.78 is 7.43. The zero-order valence-electron chi connectivity index (χ0n) is 16.7. The Hall–Kier alpha value is -2.93. The van der Waals surface area contributed by atoms with E-state index in [1.54, 1.807) is 7.11 Å². The predicted octanol–water partition coefficient (Wildman–Crippen LogP) is 2.73. The summed E-state index contributed by atoms with van der Waals surface area (Å²) in [4.78, 5) is 16.0. The van der Waals surface area contributed by atoms with Crippen LogP contribution >= 0.6 is 0 Å². The molecule has 1 aliphatic carbocycles. The topological polar surface area (TPSA) is 82.1 Å². The van der Waals surface area contributed by atoms with Crippen molar-refractivity contribution >= 4 is 5.95 Å². The number of methoxy groups -OCH3 is 1. The highest BCUT2D eigenvalue weighted by Gasteiger charge is 2.43. The van der Waals surface area contributed by atoms with Crippen molar-refractivity contribution in [2.75, 3.05) is 25.9 Å². The third kappa shape index (κ3) is 3.25. The number of fused-ring (bicyclic) bond motifs is 2. The lowest BCUT2D eigenvalue weighted by Gasteiger charge is -2.40. The van der Waals surface area contributed by atoms with Crippen LogP contribution in [-0.2, 0) is 18.4 Å². The maximum atomic E-state index is 5.91. The first-order chi connectivity index (χ1) is 14.2.